The van der Waals surface area contributed by atoms with Crippen LogP contribution in [0.1, 0.15) is 11.1 Å². The Bertz CT molecular complexity index is 999. The molecule has 4 aromatic rings. The second kappa shape index (κ2) is 2.83. The summed E-state index contributed by atoms with van der Waals surface area (Å²) in [6.07, 6.45) is 4.52. The Labute approximate surface area is 116 Å². The van der Waals surface area contributed by atoms with Crippen molar-refractivity contribution < 1.29 is 0 Å². The van der Waals surface area contributed by atoms with Gasteiger partial charge in [0.15, 0.2) is 0 Å². The highest BCUT2D eigenvalue weighted by atomic mass is 14.3. The Morgan fingerprint density at radius 1 is 0.550 bits per heavy atom. The Hall–Kier alpha value is -2.47. The van der Waals surface area contributed by atoms with Crippen molar-refractivity contribution in [2.24, 2.45) is 0 Å². The van der Waals surface area contributed by atoms with E-state index in [0.29, 0.717) is 0 Å². The summed E-state index contributed by atoms with van der Waals surface area (Å²) in [6.45, 7) is 0. The molecule has 0 saturated carbocycles. The molecular formula is C20H10-. The molecule has 2 aliphatic carbocycles. The molecular weight excluding hydrogens is 240 g/mol. The Balaban J connectivity index is 2.13. The third-order valence-electron chi connectivity index (χ3n) is 4.91. The fraction of sp³-hybridized carbons (Fsp3) is 0. The maximum atomic E-state index is 2.26. The van der Waals surface area contributed by atoms with Crippen LogP contribution in [0.15, 0.2) is 48.5 Å². The molecule has 0 N–H and O–H groups in total. The van der Waals surface area contributed by atoms with Gasteiger partial charge in [-0.3, -0.25) is 0 Å². The van der Waals surface area contributed by atoms with E-state index < -0.39 is 0 Å². The number of rotatable bonds is 0. The average Bonchev–Trinajstić information content (AvgIpc) is 2.88. The van der Waals surface area contributed by atoms with E-state index in [2.05, 4.69) is 61.4 Å². The molecule has 0 heterocycles. The normalized spacial score (nSPS) is 14.2. The molecule has 0 spiro atoms. The van der Waals surface area contributed by atoms with E-state index in [9.17, 15) is 0 Å². The predicted molar refractivity (Wildman–Crippen MR) is 84.8 cm³/mol. The molecule has 0 fully saturated rings. The van der Waals surface area contributed by atoms with E-state index in [-0.39, 0.29) is 0 Å². The van der Waals surface area contributed by atoms with Crippen LogP contribution >= 0.6 is 0 Å². The lowest BCUT2D eigenvalue weighted by molar-refractivity contribution is 1.38. The second-order valence-electron chi connectivity index (χ2n) is 5.82. The van der Waals surface area contributed by atoms with Crippen molar-refractivity contribution in [3.8, 4) is 11.1 Å². The molecule has 0 atom stereocenters. The zero-order chi connectivity index (χ0) is 12.8. The fourth-order valence-electron chi connectivity index (χ4n) is 4.08. The standard InChI is InChI=1S/C20H10/c1-2-12-5-6-14-9-10-15-8-7-13-4-3-11(1)16-17(12)19(14)20(15)18(13)16/h1-10H/q-1. The molecule has 0 bridgehead atoms. The lowest BCUT2D eigenvalue weighted by atomic mass is 9.85. The van der Waals surface area contributed by atoms with Crippen molar-refractivity contribution in [3.05, 3.63) is 72.5 Å². The molecule has 0 aromatic heterocycles. The molecule has 0 heteroatoms. The summed E-state index contributed by atoms with van der Waals surface area (Å²) in [5.74, 6) is 0. The van der Waals surface area contributed by atoms with Gasteiger partial charge in [-0.25, -0.2) is 0 Å². The summed E-state index contributed by atoms with van der Waals surface area (Å²) in [6, 6.07) is 18.1. The highest BCUT2D eigenvalue weighted by Gasteiger charge is 2.22. The Morgan fingerprint density at radius 3 is 1.95 bits per heavy atom. The molecule has 20 heavy (non-hydrogen) atoms. The van der Waals surface area contributed by atoms with Crippen molar-refractivity contribution in [2.75, 3.05) is 0 Å². The Kier molecular flexibility index (Phi) is 1.34. The first-order valence-electron chi connectivity index (χ1n) is 7.05. The van der Waals surface area contributed by atoms with Crippen molar-refractivity contribution in [1.29, 1.82) is 0 Å². The quantitative estimate of drug-likeness (QED) is 0.260. The molecule has 1 radical (unpaired) electrons. The van der Waals surface area contributed by atoms with E-state index in [1.807, 2.05) is 0 Å². The first kappa shape index (κ1) is 9.44. The molecule has 0 nitrogen and oxygen atoms in total. The van der Waals surface area contributed by atoms with Gasteiger partial charge in [0.05, 0.1) is 0 Å². The smallest absolute Gasteiger partial charge is 0.0148 e. The van der Waals surface area contributed by atoms with Gasteiger partial charge in [0.25, 0.3) is 0 Å². The molecule has 4 aromatic carbocycles. The van der Waals surface area contributed by atoms with Crippen LogP contribution in [0.3, 0.4) is 0 Å². The number of hydrogen-bond donors (Lipinski definition) is 0. The van der Waals surface area contributed by atoms with Gasteiger partial charge in [-0.05, 0) is 33.4 Å². The summed E-state index contributed by atoms with van der Waals surface area (Å²) < 4.78 is 0. The first-order chi connectivity index (χ1) is 9.92. The van der Waals surface area contributed by atoms with E-state index in [4.69, 9.17) is 0 Å². The van der Waals surface area contributed by atoms with Gasteiger partial charge in [-0.2, -0.15) is 18.1 Å². The minimum atomic E-state index is 1.36. The lowest BCUT2D eigenvalue weighted by Crippen LogP contribution is -1.98. The van der Waals surface area contributed by atoms with E-state index >= 15 is 0 Å². The number of hydrogen-bond acceptors (Lipinski definition) is 0. The van der Waals surface area contributed by atoms with Crippen LogP contribution in [0, 0.1) is 12.8 Å². The highest BCUT2D eigenvalue weighted by Crippen LogP contribution is 2.52. The third kappa shape index (κ3) is 0.839. The van der Waals surface area contributed by atoms with Crippen LogP contribution in [0.5, 0.6) is 0 Å². The van der Waals surface area contributed by atoms with Gasteiger partial charge in [0.1, 0.15) is 0 Å². The van der Waals surface area contributed by atoms with Crippen LogP contribution < -0.4 is 0 Å². The molecule has 6 rings (SSSR count). The predicted octanol–water partition coefficient (Wildman–Crippen LogP) is 5.24. The zero-order valence-corrected chi connectivity index (χ0v) is 10.8. The van der Waals surface area contributed by atoms with Crippen LogP contribution in [-0.2, 0) is 0 Å². The minimum absolute atomic E-state index is 1.36. The first-order valence-corrected chi connectivity index (χ1v) is 7.05. The number of benzene rings is 4. The minimum Gasteiger partial charge on any atom is -0.183 e. The van der Waals surface area contributed by atoms with Gasteiger partial charge in [0, 0.05) is 0 Å². The van der Waals surface area contributed by atoms with Crippen LogP contribution in [-0.4, -0.2) is 0 Å². The van der Waals surface area contributed by atoms with E-state index in [0.717, 1.165) is 0 Å². The molecule has 0 saturated heterocycles. The zero-order valence-electron chi connectivity index (χ0n) is 10.8. The molecule has 91 valence electrons. The van der Waals surface area contributed by atoms with E-state index in [1.54, 1.807) is 0 Å². The maximum absolute atomic E-state index is 2.26. The largest absolute Gasteiger partial charge is 0.183 e. The van der Waals surface area contributed by atoms with Crippen LogP contribution in [0.2, 0.25) is 0 Å². The SMILES string of the molecule is [CH]1[CH-]c2ccc3ccc4ccc5ccc1c1c5c4c3c2-1. The van der Waals surface area contributed by atoms with Gasteiger partial charge < -0.3 is 0 Å². The maximum Gasteiger partial charge on any atom is -0.0148 e. The summed E-state index contributed by atoms with van der Waals surface area (Å²) in [7, 11) is 0. The summed E-state index contributed by atoms with van der Waals surface area (Å²) in [5, 5.41) is 8.45. The van der Waals surface area contributed by atoms with Crippen molar-refractivity contribution in [2.45, 2.75) is 0 Å². The molecule has 0 aliphatic heterocycles. The summed E-state index contributed by atoms with van der Waals surface area (Å²) >= 11 is 0. The van der Waals surface area contributed by atoms with Crippen molar-refractivity contribution in [1.82, 2.24) is 0 Å². The third-order valence-corrected chi connectivity index (χ3v) is 4.91. The molecule has 0 unspecified atom stereocenters. The lowest BCUT2D eigenvalue weighted by Gasteiger charge is -2.26. The summed E-state index contributed by atoms with van der Waals surface area (Å²) in [4.78, 5) is 0. The van der Waals surface area contributed by atoms with Gasteiger partial charge >= 0.3 is 0 Å². The average molecular weight is 250 g/mol. The molecule has 2 aliphatic rings. The van der Waals surface area contributed by atoms with Crippen molar-refractivity contribution >= 4 is 32.3 Å². The van der Waals surface area contributed by atoms with Crippen LogP contribution in [0.25, 0.3) is 43.4 Å². The second-order valence-corrected chi connectivity index (χ2v) is 5.82. The van der Waals surface area contributed by atoms with Crippen molar-refractivity contribution in [3.63, 3.8) is 0 Å². The Morgan fingerprint density at radius 2 is 1.15 bits per heavy atom. The summed E-state index contributed by atoms with van der Waals surface area (Å²) in [5.41, 5.74) is 5.64. The van der Waals surface area contributed by atoms with Crippen LogP contribution in [0.4, 0.5) is 0 Å². The van der Waals surface area contributed by atoms with Gasteiger partial charge in [0.2, 0.25) is 0 Å². The van der Waals surface area contributed by atoms with Gasteiger partial charge in [-0.15, -0.1) is 11.6 Å². The fourth-order valence-corrected chi connectivity index (χ4v) is 4.08. The molecule has 0 amide bonds. The topological polar surface area (TPSA) is 0 Å². The van der Waals surface area contributed by atoms with E-state index in [1.165, 1.54) is 54.6 Å². The highest BCUT2D eigenvalue weighted by molar-refractivity contribution is 6.34. The van der Waals surface area contributed by atoms with Gasteiger partial charge in [-0.1, -0.05) is 52.9 Å². The monoisotopic (exact) mass is 250 g/mol.